The van der Waals surface area contributed by atoms with Crippen LogP contribution < -0.4 is 9.47 Å². The number of hydrogen-bond donors (Lipinski definition) is 4. The Kier molecular flexibility index (Phi) is 20.7. The van der Waals surface area contributed by atoms with Crippen LogP contribution in [-0.2, 0) is 34.1 Å². The average Bonchev–Trinajstić information content (AvgIpc) is 3.22. The first kappa shape index (κ1) is 47.0. The molecule has 6 aromatic rings. The van der Waals surface area contributed by atoms with Gasteiger partial charge in [-0.15, -0.1) is 0 Å². The summed E-state index contributed by atoms with van der Waals surface area (Å²) in [4.78, 5) is 13.5. The molecule has 12 heteroatoms. The van der Waals surface area contributed by atoms with E-state index in [2.05, 4.69) is 15.0 Å². The summed E-state index contributed by atoms with van der Waals surface area (Å²) in [7, 11) is 3.26. The molecule has 0 aliphatic heterocycles. The molecule has 0 spiro atoms. The molecule has 1 atom stereocenters. The molecule has 57 heavy (non-hydrogen) atoms. The van der Waals surface area contributed by atoms with Crippen LogP contribution in [0, 0.1) is 0 Å². The van der Waals surface area contributed by atoms with Crippen LogP contribution in [0.3, 0.4) is 0 Å². The maximum atomic E-state index is 9.93. The average molecular weight is 863 g/mol. The van der Waals surface area contributed by atoms with Crippen LogP contribution in [0.1, 0.15) is 52.5 Å². The Bertz CT molecular complexity index is 2140. The van der Waals surface area contributed by atoms with Crippen molar-refractivity contribution in [2.45, 2.75) is 19.1 Å². The molecular formula is C45H43Cu2N4O6. The third-order valence-electron chi connectivity index (χ3n) is 8.05. The van der Waals surface area contributed by atoms with Crippen LogP contribution in [0.2, 0.25) is 0 Å². The van der Waals surface area contributed by atoms with Crippen molar-refractivity contribution in [2.24, 2.45) is 15.0 Å². The van der Waals surface area contributed by atoms with Gasteiger partial charge in [0.1, 0.15) is 34.5 Å². The maximum Gasteiger partial charge on any atom is 1.00 e. The van der Waals surface area contributed by atoms with E-state index in [1.807, 2.05) is 79.7 Å². The summed E-state index contributed by atoms with van der Waals surface area (Å²) in [5, 5.41) is 46.9. The summed E-state index contributed by atoms with van der Waals surface area (Å²) in [5.74, 6) is 2.22. The minimum atomic E-state index is -0.532. The molecule has 1 unspecified atom stereocenters. The smallest absolute Gasteiger partial charge is 0.810 e. The van der Waals surface area contributed by atoms with Gasteiger partial charge < -0.3 is 35.3 Å². The Morgan fingerprint density at radius 2 is 0.789 bits per heavy atom. The van der Waals surface area contributed by atoms with Crippen molar-refractivity contribution in [1.29, 1.82) is 0 Å². The summed E-state index contributed by atoms with van der Waals surface area (Å²) in [5.41, 5.74) is 4.34. The van der Waals surface area contributed by atoms with Crippen molar-refractivity contribution >= 4 is 24.9 Å². The number of aliphatic imine (C=N–C) groups is 3. The molecule has 0 heterocycles. The summed E-state index contributed by atoms with van der Waals surface area (Å²) in [6, 6.07) is 42.9. The third kappa shape index (κ3) is 15.1. The number of ether oxygens (including phenoxy) is 2. The van der Waals surface area contributed by atoms with Crippen LogP contribution in [0.4, 0.5) is 0 Å². The molecule has 0 fully saturated rings. The summed E-state index contributed by atoms with van der Waals surface area (Å²) in [6.45, 7) is 2.01. The van der Waals surface area contributed by atoms with Gasteiger partial charge in [0.15, 0.2) is 6.17 Å². The van der Waals surface area contributed by atoms with Gasteiger partial charge in [-0.25, -0.2) is 0 Å². The van der Waals surface area contributed by atoms with Crippen LogP contribution in [-0.4, -0.2) is 59.5 Å². The first-order chi connectivity index (χ1) is 26.7. The number of aromatic hydroxyl groups is 4. The molecule has 0 aliphatic carbocycles. The molecule has 0 amide bonds. The van der Waals surface area contributed by atoms with Crippen LogP contribution in [0.15, 0.2) is 161 Å². The predicted molar refractivity (Wildman–Crippen MR) is 221 cm³/mol. The fourth-order valence-electron chi connectivity index (χ4n) is 4.84. The van der Waals surface area contributed by atoms with Crippen LogP contribution in [0.5, 0.6) is 34.5 Å². The zero-order valence-electron chi connectivity index (χ0n) is 31.3. The van der Waals surface area contributed by atoms with E-state index < -0.39 is 6.17 Å². The summed E-state index contributed by atoms with van der Waals surface area (Å²) < 4.78 is 10.3. The van der Waals surface area contributed by atoms with Crippen molar-refractivity contribution in [3.05, 3.63) is 184 Å². The molecule has 1 radical (unpaired) electrons. The second-order valence-corrected chi connectivity index (χ2v) is 11.8. The number of hydrogen-bond acceptors (Lipinski definition) is 9. The van der Waals surface area contributed by atoms with E-state index in [0.717, 1.165) is 34.4 Å². The number of rotatable bonds is 11. The zero-order chi connectivity index (χ0) is 39.4. The number of nitrogens with zero attached hydrogens (tertiary/aromatic N) is 4. The minimum absolute atomic E-state index is 0. The second kappa shape index (κ2) is 25.1. The molecule has 10 nitrogen and oxygen atoms in total. The maximum absolute atomic E-state index is 9.93. The van der Waals surface area contributed by atoms with Crippen molar-refractivity contribution in [2.75, 3.05) is 14.2 Å². The summed E-state index contributed by atoms with van der Waals surface area (Å²) >= 11 is 0. The van der Waals surface area contributed by atoms with Crippen molar-refractivity contribution < 1.29 is 64.0 Å². The molecule has 0 aliphatic rings. The number of methoxy groups -OCH3 is 2. The van der Waals surface area contributed by atoms with Crippen LogP contribution >= 0.6 is 0 Å². The quantitative estimate of drug-likeness (QED) is 0.0751. The van der Waals surface area contributed by atoms with E-state index in [1.54, 1.807) is 99.6 Å². The monoisotopic (exact) mass is 861 g/mol. The van der Waals surface area contributed by atoms with Gasteiger partial charge >= 0.3 is 17.1 Å². The number of phenols is 4. The predicted octanol–water partition coefficient (Wildman–Crippen LogP) is 9.30. The van der Waals surface area contributed by atoms with E-state index in [9.17, 15) is 15.3 Å². The Balaban J connectivity index is 0.000000325. The molecular weight excluding hydrogens is 820 g/mol. The standard InChI is InChI=1S/C22H20N2O3.C16H17NO2.C7H6NO.2Cu/c1-27-19-12-10-16(11-13-19)22(23-14-17-6-2-4-8-20(17)25)24-15-18-7-3-5-9-21(18)26;1-12(13-7-9-15(19-2)10-8-13)17-11-14-5-3-4-6-16(14)18;8-5-6-3-1-2-4-7(6)9;;/h2-15,22,25-26H,1H3;3-12,18H,1-2H3;1-5,9H;;/q;;-1;;+1/b23-14+,24-15+;;;;. The van der Waals surface area contributed by atoms with E-state index in [4.69, 9.17) is 20.0 Å². The fourth-order valence-corrected chi connectivity index (χ4v) is 4.84. The van der Waals surface area contributed by atoms with E-state index in [-0.39, 0.29) is 63.2 Å². The fraction of sp³-hybridized carbons (Fsp3) is 0.111. The molecule has 4 N–H and O–H groups in total. The Labute approximate surface area is 354 Å². The molecule has 0 bridgehead atoms. The Morgan fingerprint density at radius 1 is 0.474 bits per heavy atom. The van der Waals surface area contributed by atoms with E-state index >= 15 is 0 Å². The van der Waals surface area contributed by atoms with Crippen molar-refractivity contribution in [3.63, 3.8) is 0 Å². The molecule has 6 aromatic carbocycles. The van der Waals surface area contributed by atoms with Gasteiger partial charge in [-0.2, -0.15) is 6.21 Å². The number of para-hydroxylation sites is 4. The molecule has 0 saturated heterocycles. The van der Waals surface area contributed by atoms with E-state index in [1.165, 1.54) is 6.07 Å². The Morgan fingerprint density at radius 3 is 1.11 bits per heavy atom. The number of phenolic OH excluding ortho intramolecular Hbond substituents is 4. The number of benzene rings is 6. The SMILES string of the molecule is COc1ccc(C(/N=C/c2ccccc2O)/N=C/c2ccccc2O)cc1.COc1ccc(C(C)N=Cc2ccccc2O)cc1.[Cu+].[Cu].[N-]=Cc1ccccc1O. The third-order valence-corrected chi connectivity index (χ3v) is 8.05. The topological polar surface area (TPSA) is 159 Å². The van der Waals surface area contributed by atoms with Crippen LogP contribution in [0.25, 0.3) is 5.41 Å². The van der Waals surface area contributed by atoms with Gasteiger partial charge in [-0.05, 0) is 90.3 Å². The van der Waals surface area contributed by atoms with Gasteiger partial charge in [0.05, 0.1) is 20.3 Å². The Hall–Kier alpha value is -6.16. The molecule has 301 valence electrons. The minimum Gasteiger partial charge on any atom is -0.810 e. The van der Waals surface area contributed by atoms with Gasteiger partial charge in [-0.3, -0.25) is 15.0 Å². The first-order valence-electron chi connectivity index (χ1n) is 17.2. The molecule has 0 aromatic heterocycles. The van der Waals surface area contributed by atoms with E-state index in [0.29, 0.717) is 16.7 Å². The normalized spacial score (nSPS) is 11.0. The zero-order valence-corrected chi connectivity index (χ0v) is 33.2. The first-order valence-corrected chi connectivity index (χ1v) is 17.2. The summed E-state index contributed by atoms with van der Waals surface area (Å²) in [6.07, 6.45) is 5.22. The molecule has 0 saturated carbocycles. The van der Waals surface area contributed by atoms with Crippen molar-refractivity contribution in [3.8, 4) is 34.5 Å². The largest absolute Gasteiger partial charge is 1.00 e. The second-order valence-electron chi connectivity index (χ2n) is 11.8. The van der Waals surface area contributed by atoms with Gasteiger partial charge in [0, 0.05) is 52.4 Å². The molecule has 6 rings (SSSR count). The van der Waals surface area contributed by atoms with Gasteiger partial charge in [0.2, 0.25) is 0 Å². The van der Waals surface area contributed by atoms with Gasteiger partial charge in [0.25, 0.3) is 0 Å². The van der Waals surface area contributed by atoms with Gasteiger partial charge in [-0.1, -0.05) is 78.9 Å². The van der Waals surface area contributed by atoms with Crippen molar-refractivity contribution in [1.82, 2.24) is 0 Å².